The molecule has 0 spiro atoms. The lowest BCUT2D eigenvalue weighted by Crippen LogP contribution is -2.60. The summed E-state index contributed by atoms with van der Waals surface area (Å²) in [5, 5.41) is 2.96. The summed E-state index contributed by atoms with van der Waals surface area (Å²) in [5.74, 6) is -1.74. The van der Waals surface area contributed by atoms with Crippen molar-refractivity contribution in [2.24, 2.45) is 0 Å². The second-order valence-electron chi connectivity index (χ2n) is 11.4. The van der Waals surface area contributed by atoms with Crippen LogP contribution in [0.4, 0.5) is 17.6 Å². The van der Waals surface area contributed by atoms with E-state index in [1.54, 1.807) is 38.5 Å². The summed E-state index contributed by atoms with van der Waals surface area (Å²) in [6.45, 7) is 4.39. The van der Waals surface area contributed by atoms with Gasteiger partial charge in [-0.05, 0) is 55.7 Å². The zero-order valence-corrected chi connectivity index (χ0v) is 24.0. The minimum absolute atomic E-state index is 0.0706. The number of hydrogen-bond donors (Lipinski definition) is 1. The number of ether oxygens (including phenoxy) is 4. The molecule has 5 rings (SSSR count). The Kier molecular flexibility index (Phi) is 9.21. The van der Waals surface area contributed by atoms with E-state index in [9.17, 15) is 22.4 Å². The quantitative estimate of drug-likeness (QED) is 0.233. The number of alkyl halides is 3. The number of carbonyl (C=O) groups excluding carboxylic acids is 1. The van der Waals surface area contributed by atoms with Gasteiger partial charge >= 0.3 is 6.18 Å². The number of rotatable bonds is 11. The van der Waals surface area contributed by atoms with Crippen LogP contribution in [0.2, 0.25) is 0 Å². The van der Waals surface area contributed by atoms with Gasteiger partial charge in [0.15, 0.2) is 11.4 Å². The van der Waals surface area contributed by atoms with Crippen molar-refractivity contribution in [2.75, 3.05) is 6.54 Å². The van der Waals surface area contributed by atoms with Crippen LogP contribution in [0.25, 0.3) is 0 Å². The number of nitrogens with one attached hydrogen (secondary N) is 1. The maximum absolute atomic E-state index is 13.9. The van der Waals surface area contributed by atoms with Gasteiger partial charge in [-0.1, -0.05) is 24.3 Å². The number of hydrogen-bond acceptors (Lipinski definition) is 6. The first-order valence-corrected chi connectivity index (χ1v) is 14.2. The lowest BCUT2D eigenvalue weighted by Gasteiger charge is -2.43. The molecule has 43 heavy (non-hydrogen) atoms. The number of aromatic nitrogens is 2. The molecule has 232 valence electrons. The fourth-order valence-corrected chi connectivity index (χ4v) is 5.59. The van der Waals surface area contributed by atoms with Crippen molar-refractivity contribution in [1.82, 2.24) is 14.9 Å². The Morgan fingerprint density at radius 1 is 1.09 bits per heavy atom. The van der Waals surface area contributed by atoms with Gasteiger partial charge in [-0.15, -0.1) is 0 Å². The van der Waals surface area contributed by atoms with Crippen molar-refractivity contribution in [3.05, 3.63) is 89.8 Å². The normalized spacial score (nSPS) is 24.9. The molecule has 2 aliphatic rings. The summed E-state index contributed by atoms with van der Waals surface area (Å²) < 4.78 is 80.4. The van der Waals surface area contributed by atoms with Crippen LogP contribution in [0.1, 0.15) is 49.8 Å². The van der Waals surface area contributed by atoms with Crippen molar-refractivity contribution >= 4 is 5.91 Å². The SMILES string of the molecule is CC1(C)O[C@@H]2C[C@@](OCc3cccc(C(F)(F)F)c3)(C(=O)NCCCn3ccnc3)CC(OCc3ccc(F)cc3)[C@@H]2O1. The Labute approximate surface area is 247 Å². The molecule has 1 aliphatic heterocycles. The van der Waals surface area contributed by atoms with E-state index in [1.807, 2.05) is 10.8 Å². The number of imidazole rings is 1. The molecule has 1 N–H and O–H groups in total. The molecule has 2 aromatic carbocycles. The molecular weight excluding hydrogens is 570 g/mol. The van der Waals surface area contributed by atoms with Crippen LogP contribution in [0.3, 0.4) is 0 Å². The van der Waals surface area contributed by atoms with E-state index < -0.39 is 47.3 Å². The Morgan fingerprint density at radius 2 is 1.88 bits per heavy atom. The highest BCUT2D eigenvalue weighted by molar-refractivity contribution is 5.85. The Bertz CT molecular complexity index is 1370. The van der Waals surface area contributed by atoms with Crippen LogP contribution in [-0.4, -0.2) is 51.7 Å². The Balaban J connectivity index is 1.37. The van der Waals surface area contributed by atoms with Crippen LogP contribution >= 0.6 is 0 Å². The number of fused-ring (bicyclic) bond motifs is 1. The summed E-state index contributed by atoms with van der Waals surface area (Å²) in [4.78, 5) is 17.9. The number of amides is 1. The zero-order chi connectivity index (χ0) is 30.7. The second kappa shape index (κ2) is 12.7. The number of nitrogens with zero attached hydrogens (tertiary/aromatic N) is 2. The molecule has 1 amide bonds. The maximum Gasteiger partial charge on any atom is 0.416 e. The summed E-state index contributed by atoms with van der Waals surface area (Å²) in [6.07, 6.45) is -0.294. The molecule has 1 aliphatic carbocycles. The van der Waals surface area contributed by atoms with Crippen LogP contribution in [-0.2, 0) is 49.7 Å². The van der Waals surface area contributed by atoms with Crippen molar-refractivity contribution in [3.63, 3.8) is 0 Å². The van der Waals surface area contributed by atoms with Gasteiger partial charge in [0.25, 0.3) is 5.91 Å². The van der Waals surface area contributed by atoms with Gasteiger partial charge in [0.2, 0.25) is 0 Å². The molecule has 1 unspecified atom stereocenters. The highest BCUT2D eigenvalue weighted by Crippen LogP contribution is 2.44. The number of halogens is 4. The molecule has 0 bridgehead atoms. The molecule has 8 nitrogen and oxygen atoms in total. The topological polar surface area (TPSA) is 83.8 Å². The summed E-state index contributed by atoms with van der Waals surface area (Å²) in [5.41, 5.74) is -1.29. The third kappa shape index (κ3) is 7.80. The van der Waals surface area contributed by atoms with Gasteiger partial charge in [-0.3, -0.25) is 4.79 Å². The molecule has 2 fully saturated rings. The molecule has 2 heterocycles. The minimum Gasteiger partial charge on any atom is -0.371 e. The van der Waals surface area contributed by atoms with Crippen molar-refractivity contribution in [3.8, 4) is 0 Å². The molecule has 3 aromatic rings. The molecule has 4 atom stereocenters. The monoisotopic (exact) mass is 605 g/mol. The lowest BCUT2D eigenvalue weighted by molar-refractivity contribution is -0.183. The first-order chi connectivity index (χ1) is 20.4. The van der Waals surface area contributed by atoms with E-state index in [1.165, 1.54) is 24.3 Å². The van der Waals surface area contributed by atoms with Gasteiger partial charge in [-0.2, -0.15) is 13.2 Å². The summed E-state index contributed by atoms with van der Waals surface area (Å²) >= 11 is 0. The van der Waals surface area contributed by atoms with Crippen LogP contribution in [0.5, 0.6) is 0 Å². The van der Waals surface area contributed by atoms with Gasteiger partial charge in [-0.25, -0.2) is 9.37 Å². The summed E-state index contributed by atoms with van der Waals surface area (Å²) in [6, 6.07) is 10.7. The second-order valence-corrected chi connectivity index (χ2v) is 11.4. The number of carbonyl (C=O) groups is 1. The third-order valence-electron chi connectivity index (χ3n) is 7.65. The molecular formula is C31H35F4N3O5. The maximum atomic E-state index is 13.9. The molecule has 1 saturated heterocycles. The van der Waals surface area contributed by atoms with E-state index >= 15 is 0 Å². The van der Waals surface area contributed by atoms with Crippen LogP contribution in [0, 0.1) is 5.82 Å². The molecule has 0 radical (unpaired) electrons. The van der Waals surface area contributed by atoms with E-state index in [0.717, 1.165) is 17.7 Å². The summed E-state index contributed by atoms with van der Waals surface area (Å²) in [7, 11) is 0. The largest absolute Gasteiger partial charge is 0.416 e. The molecule has 1 saturated carbocycles. The van der Waals surface area contributed by atoms with E-state index in [0.29, 0.717) is 19.5 Å². The Hall–Kier alpha value is -3.32. The van der Waals surface area contributed by atoms with Crippen LogP contribution < -0.4 is 5.32 Å². The number of aryl methyl sites for hydroxylation is 1. The predicted molar refractivity (Wildman–Crippen MR) is 147 cm³/mol. The van der Waals surface area contributed by atoms with Crippen LogP contribution in [0.15, 0.2) is 67.3 Å². The first-order valence-electron chi connectivity index (χ1n) is 14.2. The number of benzene rings is 2. The van der Waals surface area contributed by atoms with Crippen molar-refractivity contribution in [1.29, 1.82) is 0 Å². The van der Waals surface area contributed by atoms with Crippen molar-refractivity contribution in [2.45, 2.75) is 88.7 Å². The standard InChI is InChI=1S/C31H35F4N3O5/c1-29(2)42-26-17-30(28(39)37-11-4-13-38-14-12-36-20-38,41-19-22-5-3-6-23(15-22)31(33,34)35)16-25(27(26)43-29)40-18-21-7-9-24(32)10-8-21/h3,5-10,12,14-15,20,25-27H,4,11,13,16-19H2,1-2H3,(H,37,39)/t25?,26-,27+,30-/m1/s1. The lowest BCUT2D eigenvalue weighted by atomic mass is 9.78. The minimum atomic E-state index is -4.52. The molecule has 12 heteroatoms. The predicted octanol–water partition coefficient (Wildman–Crippen LogP) is 5.40. The van der Waals surface area contributed by atoms with E-state index in [-0.39, 0.29) is 37.4 Å². The highest BCUT2D eigenvalue weighted by atomic mass is 19.4. The third-order valence-corrected chi connectivity index (χ3v) is 7.65. The van der Waals surface area contributed by atoms with Gasteiger partial charge in [0.05, 0.1) is 37.3 Å². The van der Waals surface area contributed by atoms with E-state index in [2.05, 4.69) is 10.3 Å². The molecule has 1 aromatic heterocycles. The van der Waals surface area contributed by atoms with Gasteiger partial charge in [0, 0.05) is 38.3 Å². The fourth-order valence-electron chi connectivity index (χ4n) is 5.59. The van der Waals surface area contributed by atoms with Crippen molar-refractivity contribution < 1.29 is 41.3 Å². The zero-order valence-electron chi connectivity index (χ0n) is 24.0. The fraction of sp³-hybridized carbons (Fsp3) is 0.484. The Morgan fingerprint density at radius 3 is 2.60 bits per heavy atom. The van der Waals surface area contributed by atoms with Gasteiger partial charge < -0.3 is 28.8 Å². The smallest absolute Gasteiger partial charge is 0.371 e. The average Bonchev–Trinajstić information content (AvgIpc) is 3.59. The van der Waals surface area contributed by atoms with E-state index in [4.69, 9.17) is 18.9 Å². The highest BCUT2D eigenvalue weighted by Gasteiger charge is 2.58. The first kappa shape index (κ1) is 31.1. The average molecular weight is 606 g/mol. The van der Waals surface area contributed by atoms with Gasteiger partial charge in [0.1, 0.15) is 11.9 Å².